The molecule has 0 bridgehead atoms. The van der Waals surface area contributed by atoms with Gasteiger partial charge in [0, 0.05) is 27.1 Å². The van der Waals surface area contributed by atoms with Crippen LogP contribution in [0.15, 0.2) is 30.2 Å². The lowest BCUT2D eigenvalue weighted by Crippen LogP contribution is -2.33. The molecular formula is C20H24FN5O5. The third-order valence-corrected chi connectivity index (χ3v) is 6.13. The third kappa shape index (κ3) is 4.12. The van der Waals surface area contributed by atoms with Crippen LogP contribution in [0.5, 0.6) is 0 Å². The van der Waals surface area contributed by atoms with E-state index < -0.39 is 17.1 Å². The van der Waals surface area contributed by atoms with E-state index in [1.54, 1.807) is 19.2 Å². The summed E-state index contributed by atoms with van der Waals surface area (Å²) in [4.78, 5) is 36.7. The summed E-state index contributed by atoms with van der Waals surface area (Å²) in [7, 11) is 1.64. The first-order valence-corrected chi connectivity index (χ1v) is 10.1. The number of halogens is 1. The summed E-state index contributed by atoms with van der Waals surface area (Å²) in [5.41, 5.74) is 1.01. The Morgan fingerprint density at radius 1 is 1.35 bits per heavy atom. The summed E-state index contributed by atoms with van der Waals surface area (Å²) in [5.74, 6) is 0.404. The molecule has 3 fully saturated rings. The van der Waals surface area contributed by atoms with Gasteiger partial charge in [-0.2, -0.15) is 0 Å². The fourth-order valence-electron chi connectivity index (χ4n) is 4.64. The molecule has 2 aliphatic heterocycles. The van der Waals surface area contributed by atoms with Crippen LogP contribution >= 0.6 is 0 Å². The van der Waals surface area contributed by atoms with Gasteiger partial charge in [0.15, 0.2) is 5.82 Å². The number of fused-ring (bicyclic) bond motifs is 1. The van der Waals surface area contributed by atoms with Gasteiger partial charge in [0.05, 0.1) is 23.7 Å². The van der Waals surface area contributed by atoms with E-state index in [1.165, 1.54) is 17.9 Å². The van der Waals surface area contributed by atoms with E-state index in [-0.39, 0.29) is 42.6 Å². The predicted molar refractivity (Wildman–Crippen MR) is 108 cm³/mol. The lowest BCUT2D eigenvalue weighted by molar-refractivity contribution is -0.404. The maximum Gasteiger partial charge on any atom is 0.414 e. The number of nitro groups is 1. The molecule has 1 unspecified atom stereocenters. The van der Waals surface area contributed by atoms with Crippen molar-refractivity contribution >= 4 is 17.7 Å². The topological polar surface area (TPSA) is 117 Å². The standard InChI is InChI=1S/C20H24FN5O5/c1-11(27)23-6-13-7-25(20(28)31-13)12-3-4-14(17(21)5-12)19-15-8-24(9-16(15)19)18(22-2)10-26(29)30/h3-5,10,13,15-16,19,22H,6-9H2,1-2H3,(H,23,27)/b18-10+/t13-,15-,16+,19?/m0/s1. The second-order valence-corrected chi connectivity index (χ2v) is 8.07. The van der Waals surface area contributed by atoms with Crippen molar-refractivity contribution in [3.63, 3.8) is 0 Å². The van der Waals surface area contributed by atoms with Gasteiger partial charge in [-0.3, -0.25) is 19.8 Å². The minimum atomic E-state index is -0.571. The van der Waals surface area contributed by atoms with Gasteiger partial charge in [-0.15, -0.1) is 0 Å². The van der Waals surface area contributed by atoms with E-state index in [1.807, 2.05) is 4.90 Å². The smallest absolute Gasteiger partial charge is 0.414 e. The molecule has 1 aromatic carbocycles. The van der Waals surface area contributed by atoms with Gasteiger partial charge in [0.1, 0.15) is 11.9 Å². The predicted octanol–water partition coefficient (Wildman–Crippen LogP) is 1.23. The van der Waals surface area contributed by atoms with Crippen molar-refractivity contribution in [1.82, 2.24) is 15.5 Å². The summed E-state index contributed by atoms with van der Waals surface area (Å²) < 4.78 is 20.1. The Labute approximate surface area is 178 Å². The van der Waals surface area contributed by atoms with E-state index in [0.29, 0.717) is 30.2 Å². The number of nitrogens with one attached hydrogen (secondary N) is 2. The van der Waals surface area contributed by atoms with Crippen molar-refractivity contribution in [3.05, 3.63) is 51.7 Å². The van der Waals surface area contributed by atoms with E-state index >= 15 is 0 Å². The van der Waals surface area contributed by atoms with Crippen molar-refractivity contribution in [1.29, 1.82) is 0 Å². The zero-order valence-corrected chi connectivity index (χ0v) is 17.2. The van der Waals surface area contributed by atoms with Crippen LogP contribution in [0.3, 0.4) is 0 Å². The zero-order valence-electron chi connectivity index (χ0n) is 17.2. The van der Waals surface area contributed by atoms with Crippen molar-refractivity contribution < 1.29 is 23.6 Å². The number of likely N-dealkylation sites (tertiary alicyclic amines) is 1. The number of cyclic esters (lactones) is 1. The quantitative estimate of drug-likeness (QED) is 0.491. The van der Waals surface area contributed by atoms with E-state index in [4.69, 9.17) is 4.74 Å². The maximum atomic E-state index is 14.9. The zero-order chi connectivity index (χ0) is 22.3. The average Bonchev–Trinajstić information content (AvgIpc) is 3.03. The Morgan fingerprint density at radius 2 is 2.06 bits per heavy atom. The molecule has 1 aliphatic carbocycles. The van der Waals surface area contributed by atoms with Gasteiger partial charge in [-0.05, 0) is 35.4 Å². The molecule has 166 valence electrons. The van der Waals surface area contributed by atoms with Crippen molar-refractivity contribution in [2.45, 2.75) is 18.9 Å². The normalized spacial score (nSPS) is 27.1. The van der Waals surface area contributed by atoms with E-state index in [9.17, 15) is 24.1 Å². The number of carbonyl (C=O) groups is 2. The average molecular weight is 433 g/mol. The number of hydrogen-bond donors (Lipinski definition) is 2. The molecule has 2 N–H and O–H groups in total. The monoisotopic (exact) mass is 433 g/mol. The molecule has 0 aromatic heterocycles. The van der Waals surface area contributed by atoms with Crippen LogP contribution in [-0.4, -0.2) is 61.2 Å². The summed E-state index contributed by atoms with van der Waals surface area (Å²) in [5, 5.41) is 16.2. The fraction of sp³-hybridized carbons (Fsp3) is 0.500. The molecule has 10 nitrogen and oxygen atoms in total. The number of anilines is 1. The first-order chi connectivity index (χ1) is 14.8. The van der Waals surface area contributed by atoms with Crippen LogP contribution in [0.25, 0.3) is 0 Å². The van der Waals surface area contributed by atoms with Crippen LogP contribution in [0.1, 0.15) is 18.4 Å². The number of nitrogens with zero attached hydrogens (tertiary/aromatic N) is 3. The van der Waals surface area contributed by atoms with Gasteiger partial charge >= 0.3 is 6.09 Å². The van der Waals surface area contributed by atoms with Gasteiger partial charge in [-0.1, -0.05) is 6.07 Å². The Bertz CT molecular complexity index is 942. The summed E-state index contributed by atoms with van der Waals surface area (Å²) in [6, 6.07) is 4.76. The van der Waals surface area contributed by atoms with E-state index in [2.05, 4.69) is 10.6 Å². The molecule has 4 atom stereocenters. The lowest BCUT2D eigenvalue weighted by atomic mass is 10.0. The second-order valence-electron chi connectivity index (χ2n) is 8.07. The van der Waals surface area contributed by atoms with Crippen LogP contribution < -0.4 is 15.5 Å². The molecule has 0 spiro atoms. The number of piperidine rings is 1. The minimum Gasteiger partial charge on any atom is -0.442 e. The van der Waals surface area contributed by atoms with Crippen LogP contribution in [-0.2, 0) is 9.53 Å². The summed E-state index contributed by atoms with van der Waals surface area (Å²) >= 11 is 0. The molecule has 2 saturated heterocycles. The highest BCUT2D eigenvalue weighted by Gasteiger charge is 2.57. The second kappa shape index (κ2) is 8.05. The number of carbonyl (C=O) groups excluding carboxylic acids is 2. The Balaban J connectivity index is 1.40. The highest BCUT2D eigenvalue weighted by atomic mass is 19.1. The molecule has 3 aliphatic rings. The number of rotatable bonds is 7. The Kier molecular flexibility index (Phi) is 5.42. The molecule has 31 heavy (non-hydrogen) atoms. The van der Waals surface area contributed by atoms with Crippen molar-refractivity contribution in [3.8, 4) is 0 Å². The van der Waals surface area contributed by atoms with Gasteiger partial charge in [-0.25, -0.2) is 9.18 Å². The highest BCUT2D eigenvalue weighted by Crippen LogP contribution is 2.59. The summed E-state index contributed by atoms with van der Waals surface area (Å²) in [6.45, 7) is 3.07. The number of amides is 2. The maximum absolute atomic E-state index is 14.9. The Hall–Kier alpha value is -3.37. The third-order valence-electron chi connectivity index (χ3n) is 6.13. The highest BCUT2D eigenvalue weighted by molar-refractivity contribution is 5.89. The molecule has 2 heterocycles. The fourth-order valence-corrected chi connectivity index (χ4v) is 4.64. The first kappa shape index (κ1) is 20.9. The lowest BCUT2D eigenvalue weighted by Gasteiger charge is -2.23. The molecule has 4 rings (SSSR count). The molecular weight excluding hydrogens is 409 g/mol. The Morgan fingerprint density at radius 3 is 2.65 bits per heavy atom. The largest absolute Gasteiger partial charge is 0.442 e. The van der Waals surface area contributed by atoms with Gasteiger partial charge in [0.25, 0.3) is 6.20 Å². The number of hydrogen-bond acceptors (Lipinski definition) is 7. The van der Waals surface area contributed by atoms with E-state index in [0.717, 1.165) is 6.20 Å². The van der Waals surface area contributed by atoms with Gasteiger partial charge in [0.2, 0.25) is 5.91 Å². The molecule has 0 radical (unpaired) electrons. The minimum absolute atomic E-state index is 0.0667. The molecule has 11 heteroatoms. The van der Waals surface area contributed by atoms with Crippen LogP contribution in [0, 0.1) is 27.8 Å². The molecule has 1 saturated carbocycles. The van der Waals surface area contributed by atoms with Crippen molar-refractivity contribution in [2.75, 3.05) is 38.1 Å². The SMILES string of the molecule is CN/C(=C\[N+](=O)[O-])N1C[C@@H]2C(c3ccc(N4C[C@H](CNC(C)=O)OC4=O)cc3F)[C@@H]2C1. The van der Waals surface area contributed by atoms with Crippen molar-refractivity contribution in [2.24, 2.45) is 11.8 Å². The summed E-state index contributed by atoms with van der Waals surface area (Å²) in [6.07, 6.45) is -0.108. The molecule has 1 aromatic rings. The number of benzene rings is 1. The van der Waals surface area contributed by atoms with Crippen LogP contribution in [0.2, 0.25) is 0 Å². The van der Waals surface area contributed by atoms with Gasteiger partial charge < -0.3 is 20.3 Å². The first-order valence-electron chi connectivity index (χ1n) is 10.1. The van der Waals surface area contributed by atoms with Crippen LogP contribution in [0.4, 0.5) is 14.9 Å². The molecule has 2 amide bonds. The number of ether oxygens (including phenoxy) is 1.